The number of carbonyl (C=O) groups is 1. The minimum Gasteiger partial charge on any atom is -0.495 e. The van der Waals surface area contributed by atoms with E-state index in [-0.39, 0.29) is 10.8 Å². The van der Waals surface area contributed by atoms with Crippen LogP contribution >= 0.6 is 0 Å². The van der Waals surface area contributed by atoms with Gasteiger partial charge in [-0.2, -0.15) is 0 Å². The number of nitrogens with one attached hydrogen (secondary N) is 1. The molecule has 2 aromatic carbocycles. The van der Waals surface area contributed by atoms with E-state index >= 15 is 0 Å². The lowest BCUT2D eigenvalue weighted by Crippen LogP contribution is -2.23. The van der Waals surface area contributed by atoms with Crippen molar-refractivity contribution in [3.8, 4) is 5.75 Å². The Balaban J connectivity index is 1.92. The summed E-state index contributed by atoms with van der Waals surface area (Å²) in [5, 5.41) is 0. The summed E-state index contributed by atoms with van der Waals surface area (Å²) in [6.07, 6.45) is 2.06. The molecule has 1 fully saturated rings. The number of hydrogen-bond acceptors (Lipinski definition) is 4. The predicted octanol–water partition coefficient (Wildman–Crippen LogP) is 3.19. The topological polar surface area (TPSA) is 75.7 Å². The average Bonchev–Trinajstić information content (AvgIpc) is 3.07. The van der Waals surface area contributed by atoms with Crippen molar-refractivity contribution in [2.24, 2.45) is 0 Å². The number of benzene rings is 2. The van der Waals surface area contributed by atoms with E-state index in [1.54, 1.807) is 41.3 Å². The standard InChI is InChI=1S/C19H22N2O4S/c1-3-14-9-10-17(25-2)18(12-14)26(23,24)20-15-6-4-7-16(13-15)21-11-5-8-19(21)22/h4,6-7,9-10,12-13,20H,3,5,8,11H2,1-2H3. The molecule has 1 saturated heterocycles. The van der Waals surface area contributed by atoms with Crippen molar-refractivity contribution >= 4 is 27.3 Å². The van der Waals surface area contributed by atoms with Crippen molar-refractivity contribution in [1.82, 2.24) is 0 Å². The summed E-state index contributed by atoms with van der Waals surface area (Å²) in [5.41, 5.74) is 2.01. The van der Waals surface area contributed by atoms with Crippen LogP contribution in [0.3, 0.4) is 0 Å². The van der Waals surface area contributed by atoms with Crippen LogP contribution in [0.25, 0.3) is 0 Å². The average molecular weight is 374 g/mol. The number of nitrogens with zero attached hydrogens (tertiary/aromatic N) is 1. The number of ether oxygens (including phenoxy) is 1. The number of amides is 1. The van der Waals surface area contributed by atoms with Crippen molar-refractivity contribution in [3.05, 3.63) is 48.0 Å². The Hall–Kier alpha value is -2.54. The molecular formula is C19H22N2O4S. The molecule has 1 aliphatic rings. The van der Waals surface area contributed by atoms with Gasteiger partial charge in [-0.25, -0.2) is 8.42 Å². The van der Waals surface area contributed by atoms with Gasteiger partial charge in [0.2, 0.25) is 5.91 Å². The molecular weight excluding hydrogens is 352 g/mol. The fraction of sp³-hybridized carbons (Fsp3) is 0.316. The highest BCUT2D eigenvalue weighted by Crippen LogP contribution is 2.29. The van der Waals surface area contributed by atoms with Gasteiger partial charge in [-0.15, -0.1) is 0 Å². The van der Waals surface area contributed by atoms with E-state index in [2.05, 4.69) is 4.72 Å². The summed E-state index contributed by atoms with van der Waals surface area (Å²) in [6, 6.07) is 12.0. The maximum Gasteiger partial charge on any atom is 0.265 e. The predicted molar refractivity (Wildman–Crippen MR) is 101 cm³/mol. The van der Waals surface area contributed by atoms with E-state index < -0.39 is 10.0 Å². The quantitative estimate of drug-likeness (QED) is 0.843. The molecule has 6 nitrogen and oxygen atoms in total. The molecule has 2 aromatic rings. The third kappa shape index (κ3) is 3.67. The van der Waals surface area contributed by atoms with Gasteiger partial charge >= 0.3 is 0 Å². The molecule has 0 aromatic heterocycles. The highest BCUT2D eigenvalue weighted by molar-refractivity contribution is 7.92. The molecule has 1 N–H and O–H groups in total. The Morgan fingerprint density at radius 2 is 2.00 bits per heavy atom. The Labute approximate surface area is 153 Å². The third-order valence-electron chi connectivity index (χ3n) is 4.41. The number of hydrogen-bond donors (Lipinski definition) is 1. The first-order valence-electron chi connectivity index (χ1n) is 8.55. The largest absolute Gasteiger partial charge is 0.495 e. The van der Waals surface area contributed by atoms with Gasteiger partial charge in [0.1, 0.15) is 10.6 Å². The van der Waals surface area contributed by atoms with E-state index in [4.69, 9.17) is 4.74 Å². The van der Waals surface area contributed by atoms with Crippen LogP contribution in [0, 0.1) is 0 Å². The summed E-state index contributed by atoms with van der Waals surface area (Å²) in [4.78, 5) is 13.7. The van der Waals surface area contributed by atoms with E-state index in [0.29, 0.717) is 30.1 Å². The van der Waals surface area contributed by atoms with E-state index in [1.165, 1.54) is 7.11 Å². The molecule has 1 heterocycles. The number of methoxy groups -OCH3 is 1. The Morgan fingerprint density at radius 3 is 2.65 bits per heavy atom. The Morgan fingerprint density at radius 1 is 1.19 bits per heavy atom. The SMILES string of the molecule is CCc1ccc(OC)c(S(=O)(=O)Nc2cccc(N3CCCC3=O)c2)c1. The number of aryl methyl sites for hydroxylation is 1. The highest BCUT2D eigenvalue weighted by atomic mass is 32.2. The molecule has 7 heteroatoms. The maximum absolute atomic E-state index is 12.9. The van der Waals surface area contributed by atoms with Gasteiger partial charge in [-0.3, -0.25) is 9.52 Å². The fourth-order valence-corrected chi connectivity index (χ4v) is 4.29. The normalized spacial score (nSPS) is 14.5. The molecule has 26 heavy (non-hydrogen) atoms. The van der Waals surface area contributed by atoms with Crippen molar-refractivity contribution in [1.29, 1.82) is 0 Å². The van der Waals surface area contributed by atoms with Crippen LogP contribution in [-0.4, -0.2) is 28.0 Å². The van der Waals surface area contributed by atoms with Crippen LogP contribution in [0.2, 0.25) is 0 Å². The zero-order chi connectivity index (χ0) is 18.7. The first-order chi connectivity index (χ1) is 12.4. The van der Waals surface area contributed by atoms with Crippen LogP contribution < -0.4 is 14.4 Å². The first-order valence-corrected chi connectivity index (χ1v) is 10.0. The van der Waals surface area contributed by atoms with Gasteiger partial charge in [0.25, 0.3) is 10.0 Å². The molecule has 0 spiro atoms. The molecule has 1 amide bonds. The third-order valence-corrected chi connectivity index (χ3v) is 5.81. The highest BCUT2D eigenvalue weighted by Gasteiger charge is 2.23. The van der Waals surface area contributed by atoms with E-state index in [1.807, 2.05) is 13.0 Å². The van der Waals surface area contributed by atoms with E-state index in [9.17, 15) is 13.2 Å². The molecule has 0 radical (unpaired) electrons. The minimum atomic E-state index is -3.82. The molecule has 0 bridgehead atoms. The smallest absolute Gasteiger partial charge is 0.265 e. The fourth-order valence-electron chi connectivity index (χ4n) is 3.02. The second-order valence-corrected chi connectivity index (χ2v) is 7.79. The van der Waals surface area contributed by atoms with Crippen LogP contribution in [-0.2, 0) is 21.2 Å². The second kappa shape index (κ2) is 7.37. The molecule has 138 valence electrons. The van der Waals surface area contributed by atoms with Crippen LogP contribution in [0.1, 0.15) is 25.3 Å². The minimum absolute atomic E-state index is 0.0577. The molecule has 0 saturated carbocycles. The van der Waals surface area contributed by atoms with Gasteiger partial charge in [-0.05, 0) is 48.7 Å². The van der Waals surface area contributed by atoms with Crippen molar-refractivity contribution in [3.63, 3.8) is 0 Å². The summed E-state index contributed by atoms with van der Waals surface area (Å²) in [6.45, 7) is 2.61. The molecule has 0 aliphatic carbocycles. The number of carbonyl (C=O) groups excluding carboxylic acids is 1. The van der Waals surface area contributed by atoms with Crippen LogP contribution in [0.15, 0.2) is 47.4 Å². The number of anilines is 2. The van der Waals surface area contributed by atoms with Gasteiger partial charge in [-0.1, -0.05) is 19.1 Å². The Kier molecular flexibility index (Phi) is 5.18. The van der Waals surface area contributed by atoms with Gasteiger partial charge < -0.3 is 9.64 Å². The summed E-state index contributed by atoms with van der Waals surface area (Å²) in [7, 11) is -2.38. The van der Waals surface area contributed by atoms with Crippen LogP contribution in [0.5, 0.6) is 5.75 Å². The zero-order valence-corrected chi connectivity index (χ0v) is 15.7. The van der Waals surface area contributed by atoms with Gasteiger partial charge in [0.15, 0.2) is 0 Å². The lowest BCUT2D eigenvalue weighted by Gasteiger charge is -2.17. The summed E-state index contributed by atoms with van der Waals surface area (Å²) in [5.74, 6) is 0.350. The van der Waals surface area contributed by atoms with Crippen LogP contribution in [0.4, 0.5) is 11.4 Å². The molecule has 0 unspecified atom stereocenters. The second-order valence-electron chi connectivity index (χ2n) is 6.14. The molecule has 1 aliphatic heterocycles. The first kappa shape index (κ1) is 18.3. The van der Waals surface area contributed by atoms with Gasteiger partial charge in [0.05, 0.1) is 12.8 Å². The monoisotopic (exact) mass is 374 g/mol. The lowest BCUT2D eigenvalue weighted by molar-refractivity contribution is -0.117. The molecule has 3 rings (SSSR count). The van der Waals surface area contributed by atoms with Crippen molar-refractivity contribution < 1.29 is 17.9 Å². The lowest BCUT2D eigenvalue weighted by atomic mass is 10.2. The Bertz CT molecular complexity index is 925. The summed E-state index contributed by atoms with van der Waals surface area (Å²) >= 11 is 0. The maximum atomic E-state index is 12.9. The van der Waals surface area contributed by atoms with Gasteiger partial charge in [0, 0.05) is 18.7 Å². The van der Waals surface area contributed by atoms with E-state index in [0.717, 1.165) is 18.4 Å². The number of rotatable bonds is 6. The summed E-state index contributed by atoms with van der Waals surface area (Å²) < 4.78 is 33.6. The van der Waals surface area contributed by atoms with Crippen molar-refractivity contribution in [2.75, 3.05) is 23.3 Å². The van der Waals surface area contributed by atoms with Crippen molar-refractivity contribution in [2.45, 2.75) is 31.1 Å². The number of sulfonamides is 1. The zero-order valence-electron chi connectivity index (χ0n) is 14.9. The molecule has 0 atom stereocenters.